The van der Waals surface area contributed by atoms with Gasteiger partial charge in [0.25, 0.3) is 0 Å². The van der Waals surface area contributed by atoms with Crippen molar-refractivity contribution in [2.45, 2.75) is 19.6 Å². The van der Waals surface area contributed by atoms with Gasteiger partial charge in [-0.05, 0) is 48.9 Å². The van der Waals surface area contributed by atoms with Crippen molar-refractivity contribution in [3.8, 4) is 5.75 Å². The zero-order valence-electron chi connectivity index (χ0n) is 11.1. The van der Waals surface area contributed by atoms with Crippen LogP contribution in [0, 0.1) is 5.82 Å². The maximum atomic E-state index is 13.0. The highest BCUT2D eigenvalue weighted by atomic mass is 35.5. The maximum Gasteiger partial charge on any atom is 0.387 e. The number of ether oxygens (including phenoxy) is 1. The van der Waals surface area contributed by atoms with Gasteiger partial charge in [0, 0.05) is 16.8 Å². The minimum absolute atomic E-state index is 0.0861. The molecular formula is C15H13ClF3NO. The zero-order chi connectivity index (χ0) is 15.4. The molecule has 0 saturated heterocycles. The van der Waals surface area contributed by atoms with Crippen molar-refractivity contribution >= 4 is 17.3 Å². The van der Waals surface area contributed by atoms with E-state index >= 15 is 0 Å². The van der Waals surface area contributed by atoms with Crippen molar-refractivity contribution in [2.24, 2.45) is 0 Å². The van der Waals surface area contributed by atoms with Crippen LogP contribution in [-0.4, -0.2) is 6.61 Å². The molecule has 6 heteroatoms. The number of halogens is 4. The summed E-state index contributed by atoms with van der Waals surface area (Å²) in [5.74, 6) is -0.313. The van der Waals surface area contributed by atoms with Crippen LogP contribution in [0.4, 0.5) is 18.9 Å². The molecule has 2 aromatic carbocycles. The number of nitrogens with one attached hydrogen (secondary N) is 1. The predicted octanol–water partition coefficient (Wildman–Crippen LogP) is 5.25. The summed E-state index contributed by atoms with van der Waals surface area (Å²) in [6.45, 7) is -0.983. The Labute approximate surface area is 125 Å². The van der Waals surface area contributed by atoms with E-state index in [0.717, 1.165) is 5.56 Å². The van der Waals surface area contributed by atoms with Gasteiger partial charge in [0.05, 0.1) is 0 Å². The van der Waals surface area contributed by atoms with Crippen LogP contribution in [0.2, 0.25) is 5.02 Å². The number of anilines is 1. The summed E-state index contributed by atoms with van der Waals surface area (Å²) in [6.07, 6.45) is 0. The normalized spacial score (nSPS) is 12.3. The Morgan fingerprint density at radius 1 is 1.10 bits per heavy atom. The highest BCUT2D eigenvalue weighted by Gasteiger charge is 2.11. The number of rotatable bonds is 5. The number of hydrogen-bond acceptors (Lipinski definition) is 2. The predicted molar refractivity (Wildman–Crippen MR) is 76.5 cm³/mol. The summed E-state index contributed by atoms with van der Waals surface area (Å²) in [5, 5.41) is 3.48. The Balaban J connectivity index is 2.06. The van der Waals surface area contributed by atoms with E-state index < -0.39 is 12.4 Å². The van der Waals surface area contributed by atoms with Crippen molar-refractivity contribution in [1.82, 2.24) is 0 Å². The van der Waals surface area contributed by atoms with Crippen LogP contribution in [0.3, 0.4) is 0 Å². The van der Waals surface area contributed by atoms with E-state index in [-0.39, 0.29) is 11.8 Å². The second-order valence-corrected chi connectivity index (χ2v) is 4.84. The fraction of sp³-hybridized carbons (Fsp3) is 0.200. The highest BCUT2D eigenvalue weighted by molar-refractivity contribution is 6.31. The van der Waals surface area contributed by atoms with Crippen molar-refractivity contribution < 1.29 is 17.9 Å². The van der Waals surface area contributed by atoms with Gasteiger partial charge in [-0.1, -0.05) is 17.7 Å². The molecule has 1 unspecified atom stereocenters. The fourth-order valence-corrected chi connectivity index (χ4v) is 2.24. The van der Waals surface area contributed by atoms with Crippen LogP contribution in [0.1, 0.15) is 18.5 Å². The Bertz CT molecular complexity index is 604. The monoisotopic (exact) mass is 315 g/mol. The Morgan fingerprint density at radius 3 is 2.33 bits per heavy atom. The maximum absolute atomic E-state index is 13.0. The van der Waals surface area contributed by atoms with E-state index in [9.17, 15) is 13.2 Å². The number of benzene rings is 2. The molecule has 0 aliphatic carbocycles. The average molecular weight is 316 g/mol. The summed E-state index contributed by atoms with van der Waals surface area (Å²) >= 11 is 5.99. The van der Waals surface area contributed by atoms with Gasteiger partial charge in [0.15, 0.2) is 0 Å². The first-order valence-electron chi connectivity index (χ1n) is 6.22. The van der Waals surface area contributed by atoms with E-state index in [0.29, 0.717) is 10.7 Å². The van der Waals surface area contributed by atoms with Crippen molar-refractivity contribution in [2.75, 3.05) is 5.32 Å². The minimum Gasteiger partial charge on any atom is -0.435 e. The smallest absolute Gasteiger partial charge is 0.387 e. The summed E-state index contributed by atoms with van der Waals surface area (Å²) in [5.41, 5.74) is 1.45. The van der Waals surface area contributed by atoms with Gasteiger partial charge in [-0.15, -0.1) is 0 Å². The van der Waals surface area contributed by atoms with E-state index in [2.05, 4.69) is 10.1 Å². The molecule has 0 aliphatic rings. The van der Waals surface area contributed by atoms with E-state index in [1.165, 1.54) is 24.3 Å². The van der Waals surface area contributed by atoms with Gasteiger partial charge < -0.3 is 10.1 Å². The summed E-state index contributed by atoms with van der Waals surface area (Å²) in [4.78, 5) is 0. The molecule has 2 rings (SSSR count). The molecule has 1 atom stereocenters. The molecule has 0 heterocycles. The largest absolute Gasteiger partial charge is 0.435 e. The van der Waals surface area contributed by atoms with E-state index in [1.807, 2.05) is 6.92 Å². The third-order valence-corrected chi connectivity index (χ3v) is 3.22. The molecule has 0 saturated carbocycles. The summed E-state index contributed by atoms with van der Waals surface area (Å²) in [6, 6.07) is 10.1. The van der Waals surface area contributed by atoms with Gasteiger partial charge in [0.1, 0.15) is 11.6 Å². The molecule has 2 nitrogen and oxygen atoms in total. The lowest BCUT2D eigenvalue weighted by Crippen LogP contribution is -2.07. The van der Waals surface area contributed by atoms with Gasteiger partial charge >= 0.3 is 6.61 Å². The molecule has 0 aromatic heterocycles. The second-order valence-electron chi connectivity index (χ2n) is 4.43. The lowest BCUT2D eigenvalue weighted by atomic mass is 10.1. The number of alkyl halides is 2. The molecule has 0 amide bonds. The Morgan fingerprint density at radius 2 is 1.76 bits per heavy atom. The minimum atomic E-state index is -2.85. The second kappa shape index (κ2) is 6.72. The molecule has 2 aromatic rings. The molecule has 21 heavy (non-hydrogen) atoms. The van der Waals surface area contributed by atoms with Crippen LogP contribution in [0.5, 0.6) is 5.75 Å². The molecule has 112 valence electrons. The first-order valence-corrected chi connectivity index (χ1v) is 6.60. The molecule has 0 bridgehead atoms. The lowest BCUT2D eigenvalue weighted by molar-refractivity contribution is -0.0498. The molecule has 1 N–H and O–H groups in total. The summed E-state index contributed by atoms with van der Waals surface area (Å²) < 4.78 is 41.4. The van der Waals surface area contributed by atoms with Crippen LogP contribution in [0.15, 0.2) is 42.5 Å². The zero-order valence-corrected chi connectivity index (χ0v) is 11.9. The lowest BCUT2D eigenvalue weighted by Gasteiger charge is -2.17. The SMILES string of the molecule is CC(Nc1ccc(OC(F)F)cc1)c1ccc(F)cc1Cl. The van der Waals surface area contributed by atoms with E-state index in [4.69, 9.17) is 11.6 Å². The fourth-order valence-electron chi connectivity index (χ4n) is 1.91. The van der Waals surface area contributed by atoms with Crippen molar-refractivity contribution in [3.63, 3.8) is 0 Å². The van der Waals surface area contributed by atoms with Crippen molar-refractivity contribution in [3.05, 3.63) is 58.9 Å². The van der Waals surface area contributed by atoms with Gasteiger partial charge in [0.2, 0.25) is 0 Å². The summed E-state index contributed by atoms with van der Waals surface area (Å²) in [7, 11) is 0. The van der Waals surface area contributed by atoms with Crippen LogP contribution < -0.4 is 10.1 Å². The first kappa shape index (κ1) is 15.5. The first-order chi connectivity index (χ1) is 9.95. The topological polar surface area (TPSA) is 21.3 Å². The number of hydrogen-bond donors (Lipinski definition) is 1. The van der Waals surface area contributed by atoms with Gasteiger partial charge in [-0.3, -0.25) is 0 Å². The standard InChI is InChI=1S/C15H13ClF3NO/c1-9(13-7-2-10(17)8-14(13)16)20-11-3-5-12(6-4-11)21-15(18)19/h2-9,15,20H,1H3. The average Bonchev–Trinajstić information content (AvgIpc) is 2.40. The third kappa shape index (κ3) is 4.29. The molecular weight excluding hydrogens is 303 g/mol. The highest BCUT2D eigenvalue weighted by Crippen LogP contribution is 2.27. The van der Waals surface area contributed by atoms with Crippen molar-refractivity contribution in [1.29, 1.82) is 0 Å². The van der Waals surface area contributed by atoms with Crippen LogP contribution in [0.25, 0.3) is 0 Å². The Hall–Kier alpha value is -1.88. The molecule has 0 spiro atoms. The van der Waals surface area contributed by atoms with E-state index in [1.54, 1.807) is 18.2 Å². The quantitative estimate of drug-likeness (QED) is 0.813. The van der Waals surface area contributed by atoms with Gasteiger partial charge in [-0.25, -0.2) is 4.39 Å². The molecule has 0 radical (unpaired) electrons. The van der Waals surface area contributed by atoms with Gasteiger partial charge in [-0.2, -0.15) is 8.78 Å². The van der Waals surface area contributed by atoms with Crippen LogP contribution in [-0.2, 0) is 0 Å². The third-order valence-electron chi connectivity index (χ3n) is 2.89. The molecule has 0 aliphatic heterocycles. The Kier molecular flexibility index (Phi) is 4.96. The molecule has 0 fully saturated rings. The van der Waals surface area contributed by atoms with Crippen LogP contribution >= 0.6 is 11.6 Å².